The summed E-state index contributed by atoms with van der Waals surface area (Å²) in [6.45, 7) is 7.56. The zero-order valence-corrected chi connectivity index (χ0v) is 18.2. The van der Waals surface area contributed by atoms with Crippen LogP contribution in [0.1, 0.15) is 57.5 Å². The monoisotopic (exact) mass is 415 g/mol. The van der Waals surface area contributed by atoms with E-state index in [2.05, 4.69) is 6.07 Å². The number of amides is 2. The summed E-state index contributed by atoms with van der Waals surface area (Å²) in [5.74, 6) is 0.194. The number of fused-ring (bicyclic) bond motifs is 1. The van der Waals surface area contributed by atoms with Gasteiger partial charge < -0.3 is 14.5 Å². The fourth-order valence-corrected chi connectivity index (χ4v) is 5.31. The summed E-state index contributed by atoms with van der Waals surface area (Å²) in [6, 6.07) is 8.23. The third kappa shape index (κ3) is 4.39. The first-order valence-electron chi connectivity index (χ1n) is 10.5. The fourth-order valence-electron chi connectivity index (χ4n) is 4.19. The number of hydrogen-bond acceptors (Lipinski definition) is 5. The van der Waals surface area contributed by atoms with Crippen molar-refractivity contribution in [3.63, 3.8) is 0 Å². The minimum absolute atomic E-state index is 0.0244. The first-order valence-corrected chi connectivity index (χ1v) is 11.3. The maximum atomic E-state index is 13.3. The summed E-state index contributed by atoms with van der Waals surface area (Å²) < 4.78 is 6.63. The Hall–Kier alpha value is -2.15. The number of aromatic nitrogens is 1. The Morgan fingerprint density at radius 3 is 2.52 bits per heavy atom. The second kappa shape index (κ2) is 7.94. The average molecular weight is 416 g/mol. The Labute approximate surface area is 175 Å². The predicted octanol–water partition coefficient (Wildman–Crippen LogP) is 4.61. The molecule has 0 radical (unpaired) electrons. The van der Waals surface area contributed by atoms with Gasteiger partial charge in [-0.3, -0.25) is 4.79 Å². The number of hydrogen-bond donors (Lipinski definition) is 0. The summed E-state index contributed by atoms with van der Waals surface area (Å²) >= 11 is 1.70. The van der Waals surface area contributed by atoms with Gasteiger partial charge in [-0.15, -0.1) is 11.3 Å². The number of ether oxygens (including phenoxy) is 1. The van der Waals surface area contributed by atoms with Gasteiger partial charge in [0.1, 0.15) is 10.6 Å². The number of nitrogens with zero attached hydrogens (tertiary/aromatic N) is 3. The molecule has 156 valence electrons. The van der Waals surface area contributed by atoms with Gasteiger partial charge in [0.05, 0.1) is 16.3 Å². The van der Waals surface area contributed by atoms with Crippen LogP contribution in [0.4, 0.5) is 4.79 Å². The van der Waals surface area contributed by atoms with Crippen molar-refractivity contribution in [2.75, 3.05) is 19.6 Å². The third-order valence-electron chi connectivity index (χ3n) is 5.63. The Bertz CT molecular complexity index is 863. The van der Waals surface area contributed by atoms with Gasteiger partial charge in [-0.25, -0.2) is 9.78 Å². The van der Waals surface area contributed by atoms with Gasteiger partial charge >= 0.3 is 6.09 Å². The lowest BCUT2D eigenvalue weighted by Gasteiger charge is -2.35. The summed E-state index contributed by atoms with van der Waals surface area (Å²) in [5, 5.41) is 1.04. The van der Waals surface area contributed by atoms with Crippen LogP contribution in [0.3, 0.4) is 0 Å². The lowest BCUT2D eigenvalue weighted by Crippen LogP contribution is -2.45. The van der Waals surface area contributed by atoms with E-state index < -0.39 is 5.60 Å². The van der Waals surface area contributed by atoms with Crippen LogP contribution in [0.2, 0.25) is 0 Å². The SMILES string of the molecule is CC(C)(C)OC(=O)N1CCC(C(=O)N2CCCC2c2nc3ccccc3s2)CC1. The fraction of sp³-hybridized carbons (Fsp3) is 0.591. The Morgan fingerprint density at radius 1 is 1.10 bits per heavy atom. The first kappa shape index (κ1) is 20.1. The van der Waals surface area contributed by atoms with E-state index in [0.717, 1.165) is 29.9 Å². The molecule has 29 heavy (non-hydrogen) atoms. The maximum absolute atomic E-state index is 13.3. The zero-order valence-electron chi connectivity index (χ0n) is 17.4. The van der Waals surface area contributed by atoms with E-state index in [1.165, 1.54) is 4.70 Å². The Balaban J connectivity index is 1.40. The van der Waals surface area contributed by atoms with E-state index in [-0.39, 0.29) is 24.0 Å². The first-order chi connectivity index (χ1) is 13.8. The van der Waals surface area contributed by atoms with Crippen LogP contribution < -0.4 is 0 Å². The van der Waals surface area contributed by atoms with Crippen LogP contribution in [-0.2, 0) is 9.53 Å². The number of piperidine rings is 1. The molecule has 2 aliphatic heterocycles. The molecule has 6 nitrogen and oxygen atoms in total. The predicted molar refractivity (Wildman–Crippen MR) is 114 cm³/mol. The average Bonchev–Trinajstić information content (AvgIpc) is 3.32. The smallest absolute Gasteiger partial charge is 0.410 e. The van der Waals surface area contributed by atoms with Crippen molar-refractivity contribution >= 4 is 33.6 Å². The molecule has 0 spiro atoms. The molecule has 2 aliphatic rings. The van der Waals surface area contributed by atoms with Crippen molar-refractivity contribution in [1.29, 1.82) is 0 Å². The Morgan fingerprint density at radius 2 is 1.83 bits per heavy atom. The molecule has 2 saturated heterocycles. The summed E-state index contributed by atoms with van der Waals surface area (Å²) in [6.07, 6.45) is 3.10. The van der Waals surface area contributed by atoms with Crippen molar-refractivity contribution in [3.8, 4) is 0 Å². The maximum Gasteiger partial charge on any atom is 0.410 e. The molecule has 7 heteroatoms. The number of rotatable bonds is 2. The van der Waals surface area contributed by atoms with Crippen LogP contribution in [-0.4, -0.2) is 52.0 Å². The van der Waals surface area contributed by atoms with Crippen molar-refractivity contribution in [2.24, 2.45) is 5.92 Å². The molecule has 0 N–H and O–H groups in total. The minimum Gasteiger partial charge on any atom is -0.444 e. The molecule has 0 bridgehead atoms. The third-order valence-corrected chi connectivity index (χ3v) is 6.76. The topological polar surface area (TPSA) is 62.7 Å². The van der Waals surface area contributed by atoms with E-state index in [1.54, 1.807) is 16.2 Å². The second-order valence-corrected chi connectivity index (χ2v) is 10.0. The molecule has 2 aromatic rings. The van der Waals surface area contributed by atoms with Gasteiger partial charge in [0, 0.05) is 25.6 Å². The quantitative estimate of drug-likeness (QED) is 0.719. The number of carbonyl (C=O) groups excluding carboxylic acids is 2. The highest BCUT2D eigenvalue weighted by Crippen LogP contribution is 2.38. The number of carbonyl (C=O) groups is 2. The number of para-hydroxylation sites is 1. The van der Waals surface area contributed by atoms with Gasteiger partial charge in [-0.2, -0.15) is 0 Å². The number of likely N-dealkylation sites (tertiary alicyclic amines) is 2. The highest BCUT2D eigenvalue weighted by Gasteiger charge is 2.37. The van der Waals surface area contributed by atoms with E-state index >= 15 is 0 Å². The number of benzene rings is 1. The van der Waals surface area contributed by atoms with Crippen LogP contribution in [0, 0.1) is 5.92 Å². The lowest BCUT2D eigenvalue weighted by molar-refractivity contribution is -0.138. The largest absolute Gasteiger partial charge is 0.444 e. The van der Waals surface area contributed by atoms with Gasteiger partial charge in [0.25, 0.3) is 0 Å². The second-order valence-electron chi connectivity index (χ2n) is 8.95. The van der Waals surface area contributed by atoms with E-state index in [1.807, 2.05) is 43.9 Å². The van der Waals surface area contributed by atoms with Crippen molar-refractivity contribution in [2.45, 2.75) is 58.1 Å². The van der Waals surface area contributed by atoms with Crippen molar-refractivity contribution < 1.29 is 14.3 Å². The van der Waals surface area contributed by atoms with Gasteiger partial charge in [0.2, 0.25) is 5.91 Å². The number of thiazole rings is 1. The summed E-state index contributed by atoms with van der Waals surface area (Å²) in [7, 11) is 0. The van der Waals surface area contributed by atoms with Crippen LogP contribution in [0.25, 0.3) is 10.2 Å². The molecule has 2 fully saturated rings. The van der Waals surface area contributed by atoms with Crippen LogP contribution >= 0.6 is 11.3 Å². The molecule has 0 saturated carbocycles. The molecule has 2 amide bonds. The molecular formula is C22H29N3O3S. The molecule has 1 aromatic heterocycles. The van der Waals surface area contributed by atoms with E-state index in [4.69, 9.17) is 9.72 Å². The molecular weight excluding hydrogens is 386 g/mol. The molecule has 1 unspecified atom stereocenters. The molecule has 0 aliphatic carbocycles. The molecule has 3 heterocycles. The standard InChI is InChI=1S/C22H29N3O3S/c1-22(2,3)28-21(27)24-13-10-15(11-14-24)20(26)25-12-6-8-17(25)19-23-16-7-4-5-9-18(16)29-19/h4-5,7,9,15,17H,6,8,10-14H2,1-3H3. The highest BCUT2D eigenvalue weighted by molar-refractivity contribution is 7.18. The van der Waals surface area contributed by atoms with E-state index in [0.29, 0.717) is 25.9 Å². The van der Waals surface area contributed by atoms with Gasteiger partial charge in [-0.1, -0.05) is 12.1 Å². The normalized spacial score (nSPS) is 21.0. The summed E-state index contributed by atoms with van der Waals surface area (Å²) in [4.78, 5) is 34.1. The lowest BCUT2D eigenvalue weighted by atomic mass is 9.95. The highest BCUT2D eigenvalue weighted by atomic mass is 32.1. The minimum atomic E-state index is -0.496. The van der Waals surface area contributed by atoms with Crippen LogP contribution in [0.5, 0.6) is 0 Å². The van der Waals surface area contributed by atoms with E-state index in [9.17, 15) is 9.59 Å². The van der Waals surface area contributed by atoms with Crippen LogP contribution in [0.15, 0.2) is 24.3 Å². The Kier molecular flexibility index (Phi) is 5.51. The van der Waals surface area contributed by atoms with Gasteiger partial charge in [0.15, 0.2) is 0 Å². The zero-order chi connectivity index (χ0) is 20.6. The molecule has 1 aromatic carbocycles. The van der Waals surface area contributed by atoms with Crippen molar-refractivity contribution in [3.05, 3.63) is 29.3 Å². The molecule has 1 atom stereocenters. The van der Waals surface area contributed by atoms with Crippen molar-refractivity contribution in [1.82, 2.24) is 14.8 Å². The molecule has 4 rings (SSSR count). The summed E-state index contributed by atoms with van der Waals surface area (Å²) in [5.41, 5.74) is 0.515. The van der Waals surface area contributed by atoms with Gasteiger partial charge in [-0.05, 0) is 58.6 Å².